The van der Waals surface area contributed by atoms with Crippen LogP contribution in [0.2, 0.25) is 0 Å². The van der Waals surface area contributed by atoms with Gasteiger partial charge in [0, 0.05) is 12.2 Å². The second kappa shape index (κ2) is 8.09. The van der Waals surface area contributed by atoms with Gasteiger partial charge in [-0.25, -0.2) is 9.07 Å². The maximum absolute atomic E-state index is 13.0. The molecule has 1 amide bonds. The number of rotatable bonds is 3. The molecule has 1 fully saturated rings. The lowest BCUT2D eigenvalue weighted by Gasteiger charge is -2.29. The van der Waals surface area contributed by atoms with Crippen molar-refractivity contribution in [2.75, 3.05) is 13.1 Å². The second-order valence-corrected chi connectivity index (χ2v) is 6.65. The van der Waals surface area contributed by atoms with E-state index in [0.29, 0.717) is 21.8 Å². The molecule has 130 valence electrons. The molecule has 5 nitrogen and oxygen atoms in total. The molecule has 1 aromatic heterocycles. The van der Waals surface area contributed by atoms with E-state index in [9.17, 15) is 9.18 Å². The predicted octanol–water partition coefficient (Wildman–Crippen LogP) is 2.92. The van der Waals surface area contributed by atoms with Gasteiger partial charge in [0.15, 0.2) is 5.69 Å². The summed E-state index contributed by atoms with van der Waals surface area (Å²) in [4.78, 5) is 12.5. The van der Waals surface area contributed by atoms with Crippen LogP contribution >= 0.6 is 28.3 Å². The van der Waals surface area contributed by atoms with Crippen LogP contribution in [0.4, 0.5) is 4.39 Å². The molecule has 0 bridgehead atoms. The molecule has 2 aromatic rings. The SMILES string of the molecule is CC1CNCCC1NC(=O)c1nn(-c2ccc(F)cc2)cc1Br.Cl. The Labute approximate surface area is 154 Å². The van der Waals surface area contributed by atoms with Gasteiger partial charge in [-0.3, -0.25) is 4.79 Å². The number of amides is 1. The number of carbonyl (C=O) groups excluding carboxylic acids is 1. The number of benzene rings is 1. The lowest BCUT2D eigenvalue weighted by Crippen LogP contribution is -2.48. The quantitative estimate of drug-likeness (QED) is 0.807. The van der Waals surface area contributed by atoms with Gasteiger partial charge < -0.3 is 10.6 Å². The van der Waals surface area contributed by atoms with E-state index in [1.807, 2.05) is 0 Å². The van der Waals surface area contributed by atoms with Crippen molar-refractivity contribution >= 4 is 34.2 Å². The van der Waals surface area contributed by atoms with Gasteiger partial charge in [0.1, 0.15) is 5.82 Å². The fourth-order valence-electron chi connectivity index (χ4n) is 2.70. The molecule has 2 heterocycles. The summed E-state index contributed by atoms with van der Waals surface area (Å²) in [5.41, 5.74) is 1.03. The van der Waals surface area contributed by atoms with Crippen molar-refractivity contribution in [3.63, 3.8) is 0 Å². The van der Waals surface area contributed by atoms with Crippen LogP contribution < -0.4 is 10.6 Å². The van der Waals surface area contributed by atoms with Gasteiger partial charge in [0.05, 0.1) is 10.2 Å². The van der Waals surface area contributed by atoms with Crippen LogP contribution in [-0.2, 0) is 0 Å². The zero-order valence-electron chi connectivity index (χ0n) is 13.1. The monoisotopic (exact) mass is 416 g/mol. The van der Waals surface area contributed by atoms with Gasteiger partial charge in [-0.1, -0.05) is 6.92 Å². The Bertz CT molecular complexity index is 707. The van der Waals surface area contributed by atoms with Gasteiger partial charge in [0.2, 0.25) is 0 Å². The van der Waals surface area contributed by atoms with Crippen molar-refractivity contribution in [3.8, 4) is 5.69 Å². The zero-order valence-corrected chi connectivity index (χ0v) is 15.5. The average Bonchev–Trinajstić information content (AvgIpc) is 2.92. The molecule has 2 atom stereocenters. The Kier molecular flexibility index (Phi) is 6.37. The van der Waals surface area contributed by atoms with E-state index >= 15 is 0 Å². The van der Waals surface area contributed by atoms with Crippen LogP contribution in [0.15, 0.2) is 34.9 Å². The Morgan fingerprint density at radius 1 is 1.42 bits per heavy atom. The summed E-state index contributed by atoms with van der Waals surface area (Å²) >= 11 is 3.38. The molecule has 8 heteroatoms. The van der Waals surface area contributed by atoms with Crippen molar-refractivity contribution in [2.24, 2.45) is 5.92 Å². The Morgan fingerprint density at radius 3 is 2.79 bits per heavy atom. The lowest BCUT2D eigenvalue weighted by atomic mass is 9.95. The summed E-state index contributed by atoms with van der Waals surface area (Å²) < 4.78 is 15.2. The van der Waals surface area contributed by atoms with Crippen molar-refractivity contribution in [2.45, 2.75) is 19.4 Å². The first-order valence-corrected chi connectivity index (χ1v) is 8.36. The first-order chi connectivity index (χ1) is 11.0. The fourth-order valence-corrected chi connectivity index (χ4v) is 3.15. The minimum absolute atomic E-state index is 0. The maximum atomic E-state index is 13.0. The highest BCUT2D eigenvalue weighted by Gasteiger charge is 2.25. The molecule has 24 heavy (non-hydrogen) atoms. The topological polar surface area (TPSA) is 58.9 Å². The van der Waals surface area contributed by atoms with E-state index in [4.69, 9.17) is 0 Å². The highest BCUT2D eigenvalue weighted by Crippen LogP contribution is 2.19. The summed E-state index contributed by atoms with van der Waals surface area (Å²) in [7, 11) is 0. The standard InChI is InChI=1S/C16H18BrFN4O.ClH/c1-10-8-19-7-6-14(10)20-16(23)15-13(17)9-22(21-15)12-4-2-11(18)3-5-12;/h2-5,9-10,14,19H,6-8H2,1H3,(H,20,23);1H. The third-order valence-corrected chi connectivity index (χ3v) is 4.66. The number of hydrogen-bond donors (Lipinski definition) is 2. The Hall–Kier alpha value is -1.44. The average molecular weight is 418 g/mol. The molecule has 0 radical (unpaired) electrons. The van der Waals surface area contributed by atoms with Crippen molar-refractivity contribution in [1.29, 1.82) is 0 Å². The van der Waals surface area contributed by atoms with Crippen molar-refractivity contribution in [3.05, 3.63) is 46.4 Å². The summed E-state index contributed by atoms with van der Waals surface area (Å²) in [6, 6.07) is 6.10. The summed E-state index contributed by atoms with van der Waals surface area (Å²) in [5.74, 6) is -0.125. The predicted molar refractivity (Wildman–Crippen MR) is 96.4 cm³/mol. The Morgan fingerprint density at radius 2 is 2.12 bits per heavy atom. The molecule has 0 aliphatic carbocycles. The van der Waals surface area contributed by atoms with Crippen LogP contribution in [0, 0.1) is 11.7 Å². The van der Waals surface area contributed by atoms with Crippen molar-refractivity contribution in [1.82, 2.24) is 20.4 Å². The van der Waals surface area contributed by atoms with Gasteiger partial charge in [-0.15, -0.1) is 12.4 Å². The van der Waals surface area contributed by atoms with Crippen LogP contribution in [-0.4, -0.2) is 34.8 Å². The number of carbonyl (C=O) groups is 1. The van der Waals surface area contributed by atoms with E-state index < -0.39 is 0 Å². The molecule has 0 saturated carbocycles. The number of aromatic nitrogens is 2. The highest BCUT2D eigenvalue weighted by atomic mass is 79.9. The minimum atomic E-state index is -0.308. The number of hydrogen-bond acceptors (Lipinski definition) is 3. The van der Waals surface area contributed by atoms with Crippen LogP contribution in [0.5, 0.6) is 0 Å². The number of nitrogens with one attached hydrogen (secondary N) is 2. The normalized spacial score (nSPS) is 20.3. The first-order valence-electron chi connectivity index (χ1n) is 7.57. The number of piperidine rings is 1. The summed E-state index contributed by atoms with van der Waals surface area (Å²) in [6.45, 7) is 3.92. The second-order valence-electron chi connectivity index (χ2n) is 5.80. The van der Waals surface area contributed by atoms with Crippen molar-refractivity contribution < 1.29 is 9.18 Å². The van der Waals surface area contributed by atoms with Gasteiger partial charge >= 0.3 is 0 Å². The Balaban J connectivity index is 0.00000208. The van der Waals surface area contributed by atoms with E-state index in [1.54, 1.807) is 23.0 Å². The molecule has 2 unspecified atom stereocenters. The zero-order chi connectivity index (χ0) is 16.4. The third kappa shape index (κ3) is 4.15. The van der Waals surface area contributed by atoms with Crippen LogP contribution in [0.1, 0.15) is 23.8 Å². The number of halogens is 3. The molecule has 2 N–H and O–H groups in total. The van der Waals surface area contributed by atoms with Gasteiger partial charge in [-0.05, 0) is 65.6 Å². The van der Waals surface area contributed by atoms with Gasteiger partial charge in [0.25, 0.3) is 5.91 Å². The summed E-state index contributed by atoms with van der Waals surface area (Å²) in [6.07, 6.45) is 2.61. The van der Waals surface area contributed by atoms with Gasteiger partial charge in [-0.2, -0.15) is 5.10 Å². The van der Waals surface area contributed by atoms with E-state index in [0.717, 1.165) is 19.5 Å². The minimum Gasteiger partial charge on any atom is -0.348 e. The molecule has 1 aromatic carbocycles. The van der Waals surface area contributed by atoms with E-state index in [2.05, 4.69) is 38.6 Å². The molecule has 0 spiro atoms. The fraction of sp³-hybridized carbons (Fsp3) is 0.375. The highest BCUT2D eigenvalue weighted by molar-refractivity contribution is 9.10. The largest absolute Gasteiger partial charge is 0.348 e. The molecule has 1 aliphatic rings. The van der Waals surface area contributed by atoms with E-state index in [-0.39, 0.29) is 30.2 Å². The van der Waals surface area contributed by atoms with E-state index in [1.165, 1.54) is 12.1 Å². The maximum Gasteiger partial charge on any atom is 0.273 e. The lowest BCUT2D eigenvalue weighted by molar-refractivity contribution is 0.0908. The molecule has 1 saturated heterocycles. The number of nitrogens with zero attached hydrogens (tertiary/aromatic N) is 2. The van der Waals surface area contributed by atoms with Crippen LogP contribution in [0.3, 0.4) is 0 Å². The molecular weight excluding hydrogens is 399 g/mol. The molecule has 3 rings (SSSR count). The molecular formula is C16H19BrClFN4O. The third-order valence-electron chi connectivity index (χ3n) is 4.08. The van der Waals surface area contributed by atoms with Crippen LogP contribution in [0.25, 0.3) is 5.69 Å². The summed E-state index contributed by atoms with van der Waals surface area (Å²) in [5, 5.41) is 10.7. The smallest absolute Gasteiger partial charge is 0.273 e. The first kappa shape index (κ1) is 18.9. The molecule has 1 aliphatic heterocycles.